The highest BCUT2D eigenvalue weighted by Gasteiger charge is 2.24. The van der Waals surface area contributed by atoms with E-state index in [2.05, 4.69) is 0 Å². The van der Waals surface area contributed by atoms with Crippen LogP contribution >= 0.6 is 0 Å². The summed E-state index contributed by atoms with van der Waals surface area (Å²) in [7, 11) is 0. The number of esters is 2. The second-order valence-electron chi connectivity index (χ2n) is 6.42. The Balaban J connectivity index is 4.48. The third-order valence-electron chi connectivity index (χ3n) is 4.11. The van der Waals surface area contributed by atoms with Gasteiger partial charge in [-0.1, -0.05) is 53.4 Å². The van der Waals surface area contributed by atoms with E-state index in [0.29, 0.717) is 0 Å². The molecular weight excluding hydrogens is 308 g/mol. The van der Waals surface area contributed by atoms with Gasteiger partial charge in [-0.3, -0.25) is 9.59 Å². The number of aliphatic hydroxyl groups is 1. The molecule has 0 spiro atoms. The van der Waals surface area contributed by atoms with Gasteiger partial charge in [0.05, 0.1) is 18.4 Å². The molecule has 0 unspecified atom stereocenters. The van der Waals surface area contributed by atoms with Crippen LogP contribution in [0.1, 0.15) is 79.1 Å². The maximum atomic E-state index is 12.2. The summed E-state index contributed by atoms with van der Waals surface area (Å²) in [5.41, 5.74) is 0. The van der Waals surface area contributed by atoms with Crippen LogP contribution in [-0.2, 0) is 19.1 Å². The van der Waals surface area contributed by atoms with E-state index in [1.807, 2.05) is 27.7 Å². The second kappa shape index (κ2) is 14.3. The monoisotopic (exact) mass is 344 g/mol. The van der Waals surface area contributed by atoms with Crippen LogP contribution in [0.3, 0.4) is 0 Å². The maximum absolute atomic E-state index is 12.2. The average Bonchev–Trinajstić information content (AvgIpc) is 2.57. The molecule has 5 nitrogen and oxygen atoms in total. The van der Waals surface area contributed by atoms with Gasteiger partial charge < -0.3 is 14.6 Å². The Morgan fingerprint density at radius 3 is 1.58 bits per heavy atom. The van der Waals surface area contributed by atoms with Gasteiger partial charge in [-0.15, -0.1) is 0 Å². The summed E-state index contributed by atoms with van der Waals surface area (Å²) in [6.07, 6.45) is 6.04. The Bertz CT molecular complexity index is 331. The summed E-state index contributed by atoms with van der Waals surface area (Å²) in [5, 5.41) is 9.41. The van der Waals surface area contributed by atoms with Gasteiger partial charge >= 0.3 is 11.9 Å². The van der Waals surface area contributed by atoms with Gasteiger partial charge in [0.25, 0.3) is 0 Å². The van der Waals surface area contributed by atoms with Crippen molar-refractivity contribution in [1.29, 1.82) is 0 Å². The van der Waals surface area contributed by atoms with Gasteiger partial charge in [0.15, 0.2) is 6.10 Å². The molecule has 24 heavy (non-hydrogen) atoms. The number of rotatable bonds is 14. The molecule has 0 aromatic carbocycles. The first-order valence-corrected chi connectivity index (χ1v) is 9.51. The van der Waals surface area contributed by atoms with Crippen molar-refractivity contribution < 1.29 is 24.2 Å². The van der Waals surface area contributed by atoms with Crippen LogP contribution < -0.4 is 0 Å². The third-order valence-corrected chi connectivity index (χ3v) is 4.11. The fourth-order valence-corrected chi connectivity index (χ4v) is 2.83. The molecule has 5 heteroatoms. The van der Waals surface area contributed by atoms with Crippen molar-refractivity contribution in [2.45, 2.75) is 85.2 Å². The summed E-state index contributed by atoms with van der Waals surface area (Å²) in [6.45, 7) is 7.73. The average molecular weight is 344 g/mol. The van der Waals surface area contributed by atoms with E-state index in [0.717, 1.165) is 51.4 Å². The van der Waals surface area contributed by atoms with E-state index >= 15 is 0 Å². The first-order chi connectivity index (χ1) is 11.5. The zero-order valence-electron chi connectivity index (χ0n) is 15.9. The Kier molecular flexibility index (Phi) is 13.6. The first kappa shape index (κ1) is 22.9. The minimum absolute atomic E-state index is 0.0734. The zero-order chi connectivity index (χ0) is 18.4. The Labute approximate surface area is 147 Å². The molecule has 1 N–H and O–H groups in total. The number of hydrogen-bond donors (Lipinski definition) is 1. The Morgan fingerprint density at radius 1 is 0.792 bits per heavy atom. The molecule has 1 atom stereocenters. The zero-order valence-corrected chi connectivity index (χ0v) is 15.9. The normalized spacial score (nSPS) is 12.5. The van der Waals surface area contributed by atoms with Crippen LogP contribution in [0.15, 0.2) is 0 Å². The standard InChI is InChI=1S/C19H36O5/c1-5-9-15(10-6-2)18(21)23-14-17(13-20)24-19(22)16(11-7-3)12-8-4/h15-17,20H,5-14H2,1-4H3/t17-/m0/s1. The van der Waals surface area contributed by atoms with E-state index in [-0.39, 0.29) is 37.0 Å². The SMILES string of the molecule is CCCC(CCC)C(=O)OC[C@H](CO)OC(=O)C(CCC)CCC. The van der Waals surface area contributed by atoms with Gasteiger partial charge in [-0.05, 0) is 25.7 Å². The van der Waals surface area contributed by atoms with Crippen molar-refractivity contribution in [1.82, 2.24) is 0 Å². The van der Waals surface area contributed by atoms with Gasteiger partial charge in [0.2, 0.25) is 0 Å². The maximum Gasteiger partial charge on any atom is 0.309 e. The van der Waals surface area contributed by atoms with E-state index < -0.39 is 6.10 Å². The second-order valence-corrected chi connectivity index (χ2v) is 6.42. The van der Waals surface area contributed by atoms with Crippen LogP contribution in [0, 0.1) is 11.8 Å². The molecule has 0 fully saturated rings. The van der Waals surface area contributed by atoms with Crippen molar-refractivity contribution in [2.75, 3.05) is 13.2 Å². The molecule has 0 radical (unpaired) electrons. The molecule has 0 rings (SSSR count). The number of hydrogen-bond acceptors (Lipinski definition) is 5. The predicted molar refractivity (Wildman–Crippen MR) is 94.5 cm³/mol. The van der Waals surface area contributed by atoms with E-state index in [1.165, 1.54) is 0 Å². The molecule has 0 saturated heterocycles. The largest absolute Gasteiger partial charge is 0.461 e. The molecule has 0 aromatic rings. The molecule has 0 aliphatic carbocycles. The lowest BCUT2D eigenvalue weighted by Gasteiger charge is -2.21. The van der Waals surface area contributed by atoms with Crippen molar-refractivity contribution in [3.05, 3.63) is 0 Å². The molecule has 0 bridgehead atoms. The lowest BCUT2D eigenvalue weighted by atomic mass is 9.98. The molecule has 0 amide bonds. The topological polar surface area (TPSA) is 72.8 Å². The highest BCUT2D eigenvalue weighted by Crippen LogP contribution is 2.18. The van der Waals surface area contributed by atoms with E-state index in [9.17, 15) is 14.7 Å². The molecule has 142 valence electrons. The van der Waals surface area contributed by atoms with Gasteiger partial charge in [0, 0.05) is 0 Å². The fourth-order valence-electron chi connectivity index (χ4n) is 2.83. The van der Waals surface area contributed by atoms with E-state index in [4.69, 9.17) is 9.47 Å². The van der Waals surface area contributed by atoms with Crippen molar-refractivity contribution in [3.8, 4) is 0 Å². The van der Waals surface area contributed by atoms with Crippen LogP contribution in [0.25, 0.3) is 0 Å². The summed E-state index contributed by atoms with van der Waals surface area (Å²) in [5.74, 6) is -0.806. The highest BCUT2D eigenvalue weighted by molar-refractivity contribution is 5.73. The summed E-state index contributed by atoms with van der Waals surface area (Å²) in [6, 6.07) is 0. The van der Waals surface area contributed by atoms with Gasteiger partial charge in [0.1, 0.15) is 6.61 Å². The number of aliphatic hydroxyl groups excluding tert-OH is 1. The molecule has 0 aromatic heterocycles. The number of ether oxygens (including phenoxy) is 2. The molecular formula is C19H36O5. The first-order valence-electron chi connectivity index (χ1n) is 9.51. The molecule has 0 aliphatic rings. The van der Waals surface area contributed by atoms with Crippen LogP contribution in [-0.4, -0.2) is 36.4 Å². The minimum atomic E-state index is -0.776. The van der Waals surface area contributed by atoms with Crippen LogP contribution in [0.2, 0.25) is 0 Å². The summed E-state index contributed by atoms with van der Waals surface area (Å²) < 4.78 is 10.6. The number of carbonyl (C=O) groups excluding carboxylic acids is 2. The highest BCUT2D eigenvalue weighted by atomic mass is 16.6. The van der Waals surface area contributed by atoms with Gasteiger partial charge in [-0.2, -0.15) is 0 Å². The van der Waals surface area contributed by atoms with Gasteiger partial charge in [-0.25, -0.2) is 0 Å². The molecule has 0 heterocycles. The summed E-state index contributed by atoms with van der Waals surface area (Å²) in [4.78, 5) is 24.3. The Morgan fingerprint density at radius 2 is 1.21 bits per heavy atom. The Hall–Kier alpha value is -1.10. The van der Waals surface area contributed by atoms with Crippen molar-refractivity contribution >= 4 is 11.9 Å². The number of carbonyl (C=O) groups is 2. The molecule has 0 aliphatic heterocycles. The van der Waals surface area contributed by atoms with Crippen LogP contribution in [0.4, 0.5) is 0 Å². The lowest BCUT2D eigenvalue weighted by molar-refractivity contribution is -0.167. The predicted octanol–water partition coefficient (Wildman–Crippen LogP) is 3.87. The smallest absolute Gasteiger partial charge is 0.309 e. The van der Waals surface area contributed by atoms with Crippen molar-refractivity contribution in [2.24, 2.45) is 11.8 Å². The summed E-state index contributed by atoms with van der Waals surface area (Å²) >= 11 is 0. The minimum Gasteiger partial charge on any atom is -0.461 e. The quantitative estimate of drug-likeness (QED) is 0.484. The van der Waals surface area contributed by atoms with E-state index in [1.54, 1.807) is 0 Å². The fraction of sp³-hybridized carbons (Fsp3) is 0.895. The third kappa shape index (κ3) is 9.26. The molecule has 0 saturated carbocycles. The van der Waals surface area contributed by atoms with Crippen molar-refractivity contribution in [3.63, 3.8) is 0 Å². The van der Waals surface area contributed by atoms with Crippen LogP contribution in [0.5, 0.6) is 0 Å². The lowest BCUT2D eigenvalue weighted by Crippen LogP contribution is -2.32.